The van der Waals surface area contributed by atoms with Crippen LogP contribution >= 0.6 is 24.0 Å². The Bertz CT molecular complexity index is 754. The Morgan fingerprint density at radius 1 is 1.04 bits per heavy atom. The standard InChI is InChI=1S/C19H22F2N4O.HI/c1-2-22-19(23-11-10-14-4-3-5-16(21)12-14)24-13-18(26)25-17-8-6-15(20)7-9-17;/h3-9,12H,2,10-11,13H2,1H3,(H,25,26)(H2,22,23,24);1H. The van der Waals surface area contributed by atoms with Crippen molar-refractivity contribution in [2.24, 2.45) is 4.99 Å². The zero-order chi connectivity index (χ0) is 18.8. The molecule has 27 heavy (non-hydrogen) atoms. The number of aliphatic imine (C=N–C) groups is 1. The molecular weight excluding hydrogens is 465 g/mol. The van der Waals surface area contributed by atoms with Crippen molar-refractivity contribution in [2.45, 2.75) is 13.3 Å². The van der Waals surface area contributed by atoms with E-state index in [1.165, 1.54) is 36.4 Å². The van der Waals surface area contributed by atoms with Crippen LogP contribution in [0.3, 0.4) is 0 Å². The van der Waals surface area contributed by atoms with Crippen molar-refractivity contribution >= 4 is 41.5 Å². The number of anilines is 1. The first-order valence-corrected chi connectivity index (χ1v) is 8.39. The van der Waals surface area contributed by atoms with Gasteiger partial charge in [-0.05, 0) is 55.3 Å². The van der Waals surface area contributed by atoms with Crippen LogP contribution in [-0.2, 0) is 11.2 Å². The number of amides is 1. The molecule has 0 bridgehead atoms. The van der Waals surface area contributed by atoms with E-state index in [-0.39, 0.29) is 48.1 Å². The Balaban J connectivity index is 0.00000364. The summed E-state index contributed by atoms with van der Waals surface area (Å²) in [6.45, 7) is 3.04. The number of rotatable bonds is 7. The highest BCUT2D eigenvalue weighted by atomic mass is 127. The molecule has 2 aromatic carbocycles. The average Bonchev–Trinajstić information content (AvgIpc) is 2.62. The van der Waals surface area contributed by atoms with Crippen LogP contribution in [0.5, 0.6) is 0 Å². The van der Waals surface area contributed by atoms with Crippen molar-refractivity contribution < 1.29 is 13.6 Å². The SMILES string of the molecule is CCNC(=NCC(=O)Nc1ccc(F)cc1)NCCc1cccc(F)c1.I. The van der Waals surface area contributed by atoms with Crippen molar-refractivity contribution in [3.8, 4) is 0 Å². The summed E-state index contributed by atoms with van der Waals surface area (Å²) in [5.41, 5.74) is 1.39. The molecule has 0 unspecified atom stereocenters. The van der Waals surface area contributed by atoms with Crippen LogP contribution in [0.4, 0.5) is 14.5 Å². The Labute approximate surface area is 174 Å². The van der Waals surface area contributed by atoms with Gasteiger partial charge in [0.05, 0.1) is 0 Å². The fourth-order valence-corrected chi connectivity index (χ4v) is 2.24. The number of carbonyl (C=O) groups is 1. The molecule has 1 amide bonds. The molecule has 2 aromatic rings. The van der Waals surface area contributed by atoms with E-state index in [4.69, 9.17) is 0 Å². The van der Waals surface area contributed by atoms with Crippen LogP contribution < -0.4 is 16.0 Å². The monoisotopic (exact) mass is 488 g/mol. The predicted octanol–water partition coefficient (Wildman–Crippen LogP) is 3.32. The summed E-state index contributed by atoms with van der Waals surface area (Å²) in [4.78, 5) is 16.1. The molecule has 0 aliphatic rings. The minimum atomic E-state index is -0.363. The summed E-state index contributed by atoms with van der Waals surface area (Å²) in [6.07, 6.45) is 0.629. The molecule has 0 fully saturated rings. The van der Waals surface area contributed by atoms with Crippen molar-refractivity contribution in [1.82, 2.24) is 10.6 Å². The van der Waals surface area contributed by atoms with Crippen molar-refractivity contribution in [3.05, 3.63) is 65.7 Å². The first-order valence-electron chi connectivity index (χ1n) is 8.39. The van der Waals surface area contributed by atoms with E-state index in [0.29, 0.717) is 31.2 Å². The van der Waals surface area contributed by atoms with Gasteiger partial charge in [-0.3, -0.25) is 4.79 Å². The predicted molar refractivity (Wildman–Crippen MR) is 115 cm³/mol. The van der Waals surface area contributed by atoms with Crippen molar-refractivity contribution in [2.75, 3.05) is 25.0 Å². The number of carbonyl (C=O) groups excluding carboxylic acids is 1. The van der Waals surface area contributed by atoms with Gasteiger partial charge < -0.3 is 16.0 Å². The summed E-state index contributed by atoms with van der Waals surface area (Å²) in [7, 11) is 0. The number of benzene rings is 2. The number of nitrogens with one attached hydrogen (secondary N) is 3. The minimum Gasteiger partial charge on any atom is -0.357 e. The maximum atomic E-state index is 13.2. The van der Waals surface area contributed by atoms with Gasteiger partial charge in [-0.15, -0.1) is 24.0 Å². The highest BCUT2D eigenvalue weighted by molar-refractivity contribution is 14.0. The number of guanidine groups is 1. The van der Waals surface area contributed by atoms with Gasteiger partial charge in [0.1, 0.15) is 18.2 Å². The molecule has 0 spiro atoms. The first kappa shape index (κ1) is 22.8. The topological polar surface area (TPSA) is 65.5 Å². The Kier molecular flexibility index (Phi) is 10.3. The summed E-state index contributed by atoms with van der Waals surface area (Å²) >= 11 is 0. The fourth-order valence-electron chi connectivity index (χ4n) is 2.24. The first-order chi connectivity index (χ1) is 12.6. The lowest BCUT2D eigenvalue weighted by Gasteiger charge is -2.11. The Morgan fingerprint density at radius 3 is 2.44 bits per heavy atom. The van der Waals surface area contributed by atoms with Crippen LogP contribution in [0.15, 0.2) is 53.5 Å². The zero-order valence-electron chi connectivity index (χ0n) is 15.0. The van der Waals surface area contributed by atoms with E-state index < -0.39 is 0 Å². The maximum absolute atomic E-state index is 13.2. The van der Waals surface area contributed by atoms with E-state index in [1.54, 1.807) is 6.07 Å². The van der Waals surface area contributed by atoms with Crippen LogP contribution in [0.1, 0.15) is 12.5 Å². The Hall–Kier alpha value is -2.23. The third kappa shape index (κ3) is 8.80. The average molecular weight is 488 g/mol. The highest BCUT2D eigenvalue weighted by Crippen LogP contribution is 2.07. The molecule has 5 nitrogen and oxygen atoms in total. The molecule has 0 heterocycles. The number of halogens is 3. The number of nitrogens with zero attached hydrogens (tertiary/aromatic N) is 1. The van der Waals surface area contributed by atoms with E-state index in [1.807, 2.05) is 13.0 Å². The molecule has 0 radical (unpaired) electrons. The second-order valence-electron chi connectivity index (χ2n) is 5.56. The van der Waals surface area contributed by atoms with Gasteiger partial charge in [-0.25, -0.2) is 13.8 Å². The van der Waals surface area contributed by atoms with E-state index >= 15 is 0 Å². The van der Waals surface area contributed by atoms with Crippen LogP contribution in [0, 0.1) is 11.6 Å². The summed E-state index contributed by atoms with van der Waals surface area (Å²) < 4.78 is 26.0. The van der Waals surface area contributed by atoms with Crippen molar-refractivity contribution in [3.63, 3.8) is 0 Å². The molecule has 0 aliphatic carbocycles. The normalized spacial score (nSPS) is 10.7. The van der Waals surface area contributed by atoms with Gasteiger partial charge in [0, 0.05) is 18.8 Å². The van der Waals surface area contributed by atoms with Gasteiger partial charge in [0.2, 0.25) is 5.91 Å². The third-order valence-corrected chi connectivity index (χ3v) is 3.45. The maximum Gasteiger partial charge on any atom is 0.246 e. The molecule has 0 aliphatic heterocycles. The highest BCUT2D eigenvalue weighted by Gasteiger charge is 2.04. The van der Waals surface area contributed by atoms with Gasteiger partial charge in [-0.1, -0.05) is 12.1 Å². The van der Waals surface area contributed by atoms with Crippen molar-refractivity contribution in [1.29, 1.82) is 0 Å². The van der Waals surface area contributed by atoms with Crippen LogP contribution in [0.25, 0.3) is 0 Å². The molecule has 0 saturated heterocycles. The summed E-state index contributed by atoms with van der Waals surface area (Å²) in [5, 5.41) is 8.79. The molecule has 0 saturated carbocycles. The van der Waals surface area contributed by atoms with Gasteiger partial charge in [0.15, 0.2) is 5.96 Å². The lowest BCUT2D eigenvalue weighted by atomic mass is 10.1. The molecular formula is C19H23F2IN4O. The lowest BCUT2D eigenvalue weighted by Crippen LogP contribution is -2.39. The van der Waals surface area contributed by atoms with Crippen LogP contribution in [0.2, 0.25) is 0 Å². The second kappa shape index (κ2) is 12.2. The molecule has 146 valence electrons. The number of hydrogen-bond donors (Lipinski definition) is 3. The largest absolute Gasteiger partial charge is 0.357 e. The van der Waals surface area contributed by atoms with E-state index in [0.717, 1.165) is 5.56 Å². The zero-order valence-corrected chi connectivity index (χ0v) is 17.3. The molecule has 8 heteroatoms. The summed E-state index contributed by atoms with van der Waals surface area (Å²) in [5.74, 6) is -0.435. The quantitative estimate of drug-likeness (QED) is 0.319. The molecule has 3 N–H and O–H groups in total. The van der Waals surface area contributed by atoms with Gasteiger partial charge >= 0.3 is 0 Å². The second-order valence-corrected chi connectivity index (χ2v) is 5.56. The number of hydrogen-bond acceptors (Lipinski definition) is 2. The minimum absolute atomic E-state index is 0. The van der Waals surface area contributed by atoms with E-state index in [9.17, 15) is 13.6 Å². The van der Waals surface area contributed by atoms with Gasteiger partial charge in [0.25, 0.3) is 0 Å². The van der Waals surface area contributed by atoms with E-state index in [2.05, 4.69) is 20.9 Å². The smallest absolute Gasteiger partial charge is 0.246 e. The van der Waals surface area contributed by atoms with Gasteiger partial charge in [-0.2, -0.15) is 0 Å². The third-order valence-electron chi connectivity index (χ3n) is 3.45. The lowest BCUT2D eigenvalue weighted by molar-refractivity contribution is -0.114. The van der Waals surface area contributed by atoms with Crippen LogP contribution in [-0.4, -0.2) is 31.5 Å². The molecule has 0 atom stereocenters. The fraction of sp³-hybridized carbons (Fsp3) is 0.263. The Morgan fingerprint density at radius 2 is 1.78 bits per heavy atom. The molecule has 2 rings (SSSR count). The molecule has 0 aromatic heterocycles. The summed E-state index contributed by atoms with van der Waals surface area (Å²) in [6, 6.07) is 11.9.